The molecule has 0 radical (unpaired) electrons. The summed E-state index contributed by atoms with van der Waals surface area (Å²) in [6, 6.07) is 6.57. The Bertz CT molecular complexity index is 1210. The lowest BCUT2D eigenvalue weighted by atomic mass is 10.2. The molecule has 0 aliphatic carbocycles. The van der Waals surface area contributed by atoms with Gasteiger partial charge >= 0.3 is 0 Å². The van der Waals surface area contributed by atoms with Crippen molar-refractivity contribution in [2.45, 2.75) is 6.92 Å². The van der Waals surface area contributed by atoms with Gasteiger partial charge in [-0.25, -0.2) is 19.3 Å². The highest BCUT2D eigenvalue weighted by Crippen LogP contribution is 2.36. The first kappa shape index (κ1) is 17.6. The first-order chi connectivity index (χ1) is 13.0. The molecule has 2 aromatic heterocycles. The topological polar surface area (TPSA) is 83.8 Å². The molecule has 0 fully saturated rings. The molecule has 0 unspecified atom stereocenters. The smallest absolute Gasteiger partial charge is 0.242 e. The molecule has 2 N–H and O–H groups in total. The second-order valence-electron chi connectivity index (χ2n) is 5.79. The van der Waals surface area contributed by atoms with Crippen LogP contribution in [0, 0.1) is 18.2 Å². The van der Waals surface area contributed by atoms with E-state index in [4.69, 9.17) is 21.7 Å². The second kappa shape index (κ2) is 6.71. The normalized spacial score (nSPS) is 11.1. The molecule has 2 aromatic carbocycles. The summed E-state index contributed by atoms with van der Waals surface area (Å²) in [7, 11) is 1.43. The Labute approximate surface area is 162 Å². The van der Waals surface area contributed by atoms with Crippen molar-refractivity contribution < 1.29 is 9.13 Å². The van der Waals surface area contributed by atoms with Gasteiger partial charge in [0, 0.05) is 0 Å². The minimum absolute atomic E-state index is 0.00656. The summed E-state index contributed by atoms with van der Waals surface area (Å²) >= 11 is 7.51. The van der Waals surface area contributed by atoms with Crippen molar-refractivity contribution in [1.82, 2.24) is 15.0 Å². The molecule has 0 aliphatic rings. The molecule has 136 valence electrons. The van der Waals surface area contributed by atoms with Crippen LogP contribution >= 0.6 is 22.9 Å². The van der Waals surface area contributed by atoms with E-state index in [0.29, 0.717) is 33.1 Å². The molecule has 4 aromatic rings. The lowest BCUT2D eigenvalue weighted by molar-refractivity contribution is 0.401. The molecule has 0 saturated carbocycles. The Morgan fingerprint density at radius 2 is 2.04 bits per heavy atom. The average Bonchev–Trinajstić information content (AvgIpc) is 3.10. The van der Waals surface area contributed by atoms with Crippen LogP contribution in [0.15, 0.2) is 30.6 Å². The molecule has 0 aliphatic heterocycles. The summed E-state index contributed by atoms with van der Waals surface area (Å²) in [6.07, 6.45) is 1.44. The lowest BCUT2D eigenvalue weighted by Crippen LogP contribution is -1.99. The summed E-state index contributed by atoms with van der Waals surface area (Å²) in [4.78, 5) is 13.1. The molecule has 6 nitrogen and oxygen atoms in total. The van der Waals surface area contributed by atoms with Crippen molar-refractivity contribution in [3.63, 3.8) is 0 Å². The number of methoxy groups -OCH3 is 1. The van der Waals surface area contributed by atoms with Gasteiger partial charge in [0.15, 0.2) is 5.01 Å². The van der Waals surface area contributed by atoms with E-state index in [1.165, 1.54) is 30.8 Å². The predicted octanol–water partition coefficient (Wildman–Crippen LogP) is 5.06. The molecule has 0 bridgehead atoms. The SMILES string of the molecule is COC(=N)c1nc2ccc3ncnc(Nc4cc(C)c(F)cc4Cl)c3c2s1. The number of rotatable bonds is 3. The van der Waals surface area contributed by atoms with Gasteiger partial charge in [0.1, 0.15) is 18.0 Å². The zero-order chi connectivity index (χ0) is 19.1. The van der Waals surface area contributed by atoms with Gasteiger partial charge < -0.3 is 10.1 Å². The number of aromatic nitrogens is 3. The molecule has 9 heteroatoms. The monoisotopic (exact) mass is 401 g/mol. The van der Waals surface area contributed by atoms with Gasteiger partial charge in [0.05, 0.1) is 38.9 Å². The van der Waals surface area contributed by atoms with E-state index < -0.39 is 0 Å². The van der Waals surface area contributed by atoms with Crippen LogP contribution in [0.5, 0.6) is 0 Å². The zero-order valence-electron chi connectivity index (χ0n) is 14.3. The maximum Gasteiger partial charge on any atom is 0.242 e. The quantitative estimate of drug-likeness (QED) is 0.370. The van der Waals surface area contributed by atoms with Gasteiger partial charge in [-0.1, -0.05) is 11.6 Å². The predicted molar refractivity (Wildman–Crippen MR) is 106 cm³/mol. The van der Waals surface area contributed by atoms with Crippen LogP contribution in [0.25, 0.3) is 21.1 Å². The van der Waals surface area contributed by atoms with Crippen molar-refractivity contribution in [2.75, 3.05) is 12.4 Å². The van der Waals surface area contributed by atoms with Crippen LogP contribution in [0.2, 0.25) is 5.02 Å². The number of halogens is 2. The van der Waals surface area contributed by atoms with Gasteiger partial charge in [-0.2, -0.15) is 0 Å². The van der Waals surface area contributed by atoms with Crippen LogP contribution < -0.4 is 5.32 Å². The number of ether oxygens (including phenoxy) is 1. The minimum atomic E-state index is -0.370. The van der Waals surface area contributed by atoms with Gasteiger partial charge in [0.25, 0.3) is 0 Å². The number of hydrogen-bond acceptors (Lipinski definition) is 7. The molecule has 0 atom stereocenters. The number of benzene rings is 2. The Kier molecular flexibility index (Phi) is 4.37. The summed E-state index contributed by atoms with van der Waals surface area (Å²) in [5, 5.41) is 12.5. The fraction of sp³-hybridized carbons (Fsp3) is 0.111. The van der Waals surface area contributed by atoms with Crippen LogP contribution in [0.4, 0.5) is 15.9 Å². The highest BCUT2D eigenvalue weighted by Gasteiger charge is 2.16. The summed E-state index contributed by atoms with van der Waals surface area (Å²) in [5.41, 5.74) is 2.44. The third kappa shape index (κ3) is 3.07. The van der Waals surface area contributed by atoms with Crippen molar-refractivity contribution in [2.24, 2.45) is 0 Å². The van der Waals surface area contributed by atoms with E-state index >= 15 is 0 Å². The zero-order valence-corrected chi connectivity index (χ0v) is 15.9. The number of thiazole rings is 1. The molecule has 4 rings (SSSR count). The van der Waals surface area contributed by atoms with Crippen molar-refractivity contribution in [3.8, 4) is 0 Å². The first-order valence-corrected chi connectivity index (χ1v) is 9.07. The van der Waals surface area contributed by atoms with Crippen molar-refractivity contribution in [3.05, 3.63) is 52.0 Å². The molecular formula is C18H13ClFN5OS. The Hall–Kier alpha value is -2.84. The number of nitrogens with one attached hydrogen (secondary N) is 2. The highest BCUT2D eigenvalue weighted by molar-refractivity contribution is 7.21. The molecule has 2 heterocycles. The van der Waals surface area contributed by atoms with Crippen molar-refractivity contribution >= 4 is 61.5 Å². The standard InChI is InChI=1S/C18H13ClFN5OS/c1-8-5-13(9(19)6-10(8)20)24-17-14-11(22-7-23-17)3-4-12-15(14)27-18(25-12)16(21)26-2/h3-7,21H,1-2H3,(H,22,23,24). The van der Waals surface area contributed by atoms with Crippen LogP contribution in [-0.2, 0) is 4.74 Å². The Morgan fingerprint density at radius 1 is 1.26 bits per heavy atom. The fourth-order valence-corrected chi connectivity index (χ4v) is 3.92. The third-order valence-corrected chi connectivity index (χ3v) is 5.46. The fourth-order valence-electron chi connectivity index (χ4n) is 2.69. The van der Waals surface area contributed by atoms with E-state index in [1.54, 1.807) is 13.0 Å². The van der Waals surface area contributed by atoms with Gasteiger partial charge in [-0.3, -0.25) is 5.41 Å². The van der Waals surface area contributed by atoms with E-state index in [0.717, 1.165) is 10.1 Å². The van der Waals surface area contributed by atoms with Gasteiger partial charge in [-0.05, 0) is 36.8 Å². The van der Waals surface area contributed by atoms with Crippen LogP contribution in [0.3, 0.4) is 0 Å². The van der Waals surface area contributed by atoms with E-state index in [2.05, 4.69) is 20.3 Å². The molecule has 0 saturated heterocycles. The number of nitrogens with zero attached hydrogens (tertiary/aromatic N) is 3. The number of anilines is 2. The maximum absolute atomic E-state index is 13.7. The number of fused-ring (bicyclic) bond motifs is 3. The summed E-state index contributed by atoms with van der Waals surface area (Å²) in [5.74, 6) is 0.149. The van der Waals surface area contributed by atoms with Crippen LogP contribution in [-0.4, -0.2) is 28.0 Å². The maximum atomic E-state index is 13.7. The van der Waals surface area contributed by atoms with Gasteiger partial charge in [-0.15, -0.1) is 11.3 Å². The second-order valence-corrected chi connectivity index (χ2v) is 7.19. The molecule has 0 spiro atoms. The Balaban J connectivity index is 1.91. The largest absolute Gasteiger partial charge is 0.479 e. The number of hydrogen-bond donors (Lipinski definition) is 2. The summed E-state index contributed by atoms with van der Waals surface area (Å²) < 4.78 is 19.5. The average molecular weight is 402 g/mol. The molecule has 0 amide bonds. The lowest BCUT2D eigenvalue weighted by Gasteiger charge is -2.11. The third-order valence-electron chi connectivity index (χ3n) is 4.06. The van der Waals surface area contributed by atoms with Gasteiger partial charge in [0.2, 0.25) is 5.90 Å². The minimum Gasteiger partial charge on any atom is -0.479 e. The van der Waals surface area contributed by atoms with E-state index in [9.17, 15) is 4.39 Å². The molecule has 27 heavy (non-hydrogen) atoms. The Morgan fingerprint density at radius 3 is 2.81 bits per heavy atom. The first-order valence-electron chi connectivity index (χ1n) is 7.87. The van der Waals surface area contributed by atoms with E-state index in [1.807, 2.05) is 12.1 Å². The van der Waals surface area contributed by atoms with E-state index in [-0.39, 0.29) is 16.7 Å². The van der Waals surface area contributed by atoms with Crippen LogP contribution in [0.1, 0.15) is 10.6 Å². The highest BCUT2D eigenvalue weighted by atomic mass is 35.5. The summed E-state index contributed by atoms with van der Waals surface area (Å²) in [6.45, 7) is 1.67. The number of aryl methyl sites for hydroxylation is 1. The van der Waals surface area contributed by atoms with Crippen molar-refractivity contribution in [1.29, 1.82) is 5.41 Å². The molecular weight excluding hydrogens is 389 g/mol.